The van der Waals surface area contributed by atoms with E-state index in [4.69, 9.17) is 34.3 Å². The Hall–Kier alpha value is -1.03. The summed E-state index contributed by atoms with van der Waals surface area (Å²) in [5.74, 6) is -0.0667. The summed E-state index contributed by atoms with van der Waals surface area (Å²) in [6.45, 7) is 0. The van der Waals surface area contributed by atoms with Crippen LogP contribution in [0.1, 0.15) is 5.69 Å². The Bertz CT molecular complexity index is 554. The van der Waals surface area contributed by atoms with Crippen molar-refractivity contribution in [3.63, 3.8) is 0 Å². The van der Waals surface area contributed by atoms with Crippen molar-refractivity contribution in [3.8, 4) is 0 Å². The Kier molecular flexibility index (Phi) is 3.97. The Balaban J connectivity index is 0.00000128. The van der Waals surface area contributed by atoms with Crippen LogP contribution >= 0.6 is 35.6 Å². The highest BCUT2D eigenvalue weighted by Crippen LogP contribution is 2.26. The van der Waals surface area contributed by atoms with Crippen LogP contribution in [0.25, 0.3) is 10.9 Å². The number of hydrogen-bond acceptors (Lipinski definition) is 2. The molecule has 0 aliphatic carbocycles. The molecule has 1 aromatic heterocycles. The molecule has 0 bridgehead atoms. The monoisotopic (exact) mass is 275 g/mol. The van der Waals surface area contributed by atoms with Crippen molar-refractivity contribution >= 4 is 52.3 Å². The number of halogens is 3. The van der Waals surface area contributed by atoms with Gasteiger partial charge < -0.3 is 5.73 Å². The Morgan fingerprint density at radius 1 is 1.19 bits per heavy atom. The lowest BCUT2D eigenvalue weighted by Crippen LogP contribution is -2.12. The highest BCUT2D eigenvalue weighted by molar-refractivity contribution is 6.42. The lowest BCUT2D eigenvalue weighted by molar-refractivity contribution is 1.31. The maximum absolute atomic E-state index is 7.26. The topological polar surface area (TPSA) is 62.8 Å². The fraction of sp³-hybridized carbons (Fsp3) is 0. The zero-order valence-electron chi connectivity index (χ0n) is 8.00. The predicted octanol–water partition coefficient (Wildman–Crippen LogP) is 3.25. The van der Waals surface area contributed by atoms with E-state index in [2.05, 4.69) is 4.98 Å². The number of rotatable bonds is 1. The van der Waals surface area contributed by atoms with Crippen LogP contribution in [0.4, 0.5) is 0 Å². The number of nitrogens with two attached hydrogens (primary N) is 1. The van der Waals surface area contributed by atoms with Crippen LogP contribution in [0.15, 0.2) is 24.3 Å². The molecule has 2 aromatic rings. The third-order valence-corrected chi connectivity index (χ3v) is 2.73. The molecule has 0 atom stereocenters. The highest BCUT2D eigenvalue weighted by Gasteiger charge is 2.04. The number of nitrogens with one attached hydrogen (secondary N) is 1. The van der Waals surface area contributed by atoms with E-state index in [0.717, 1.165) is 5.39 Å². The Morgan fingerprint density at radius 2 is 1.81 bits per heavy atom. The number of hydrogen-bond donors (Lipinski definition) is 2. The summed E-state index contributed by atoms with van der Waals surface area (Å²) >= 11 is 11.7. The van der Waals surface area contributed by atoms with Crippen LogP contribution in [0.2, 0.25) is 10.0 Å². The minimum atomic E-state index is -0.0667. The first-order chi connectivity index (χ1) is 7.08. The maximum atomic E-state index is 7.26. The predicted molar refractivity (Wildman–Crippen MR) is 70.0 cm³/mol. The molecule has 0 spiro atoms. The van der Waals surface area contributed by atoms with Crippen LogP contribution in [0, 0.1) is 5.41 Å². The van der Waals surface area contributed by atoms with Gasteiger partial charge in [0.05, 0.1) is 15.6 Å². The molecule has 0 fully saturated rings. The van der Waals surface area contributed by atoms with Crippen molar-refractivity contribution in [2.75, 3.05) is 0 Å². The van der Waals surface area contributed by atoms with Gasteiger partial charge >= 0.3 is 0 Å². The summed E-state index contributed by atoms with van der Waals surface area (Å²) < 4.78 is 0. The largest absolute Gasteiger partial charge is 0.382 e. The Labute approximate surface area is 108 Å². The van der Waals surface area contributed by atoms with Gasteiger partial charge in [-0.15, -0.1) is 12.4 Å². The molecule has 0 saturated heterocycles. The molecule has 84 valence electrons. The van der Waals surface area contributed by atoms with Crippen LogP contribution in [0.3, 0.4) is 0 Å². The average Bonchev–Trinajstić information content (AvgIpc) is 2.19. The van der Waals surface area contributed by atoms with Crippen LogP contribution in [-0.2, 0) is 0 Å². The standard InChI is InChI=1S/C10H7Cl2N3.ClH/c11-6-3-5-1-2-8(10(13)14)15-9(5)4-7(6)12;/h1-4H,(H3,13,14);1H. The third kappa shape index (κ3) is 2.38. The second kappa shape index (κ2) is 4.87. The van der Waals surface area contributed by atoms with E-state index in [-0.39, 0.29) is 18.2 Å². The summed E-state index contributed by atoms with van der Waals surface area (Å²) in [5, 5.41) is 9.06. The Morgan fingerprint density at radius 3 is 2.44 bits per heavy atom. The second-order valence-corrected chi connectivity index (χ2v) is 3.88. The summed E-state index contributed by atoms with van der Waals surface area (Å²) in [5.41, 5.74) is 6.44. The highest BCUT2D eigenvalue weighted by atomic mass is 35.5. The number of benzene rings is 1. The molecule has 0 radical (unpaired) electrons. The maximum Gasteiger partial charge on any atom is 0.141 e. The number of aromatic nitrogens is 1. The van der Waals surface area contributed by atoms with Crippen molar-refractivity contribution in [1.29, 1.82) is 5.41 Å². The summed E-state index contributed by atoms with van der Waals surface area (Å²) in [6, 6.07) is 6.87. The first-order valence-corrected chi connectivity index (χ1v) is 4.94. The number of amidine groups is 1. The molecule has 0 saturated carbocycles. The first-order valence-electron chi connectivity index (χ1n) is 4.18. The van der Waals surface area contributed by atoms with Crippen molar-refractivity contribution in [3.05, 3.63) is 40.0 Å². The van der Waals surface area contributed by atoms with Crippen LogP contribution in [-0.4, -0.2) is 10.8 Å². The van der Waals surface area contributed by atoms with E-state index >= 15 is 0 Å². The van der Waals surface area contributed by atoms with Gasteiger partial charge in [0, 0.05) is 5.39 Å². The average molecular weight is 277 g/mol. The van der Waals surface area contributed by atoms with E-state index in [9.17, 15) is 0 Å². The van der Waals surface area contributed by atoms with E-state index in [1.807, 2.05) is 0 Å². The number of nitrogens with zero attached hydrogens (tertiary/aromatic N) is 1. The SMILES string of the molecule is Cl.N=C(N)c1ccc2cc(Cl)c(Cl)cc2n1. The molecule has 0 amide bonds. The number of nitrogen functional groups attached to an aromatic ring is 1. The molecular weight excluding hydrogens is 268 g/mol. The molecule has 0 aliphatic rings. The molecule has 16 heavy (non-hydrogen) atoms. The van der Waals surface area contributed by atoms with E-state index in [0.29, 0.717) is 21.3 Å². The molecule has 2 rings (SSSR count). The third-order valence-electron chi connectivity index (χ3n) is 2.01. The van der Waals surface area contributed by atoms with Gasteiger partial charge in [0.2, 0.25) is 0 Å². The van der Waals surface area contributed by atoms with Gasteiger partial charge in [-0.3, -0.25) is 5.41 Å². The van der Waals surface area contributed by atoms with Gasteiger partial charge in [-0.1, -0.05) is 29.3 Å². The molecule has 6 heteroatoms. The van der Waals surface area contributed by atoms with Crippen molar-refractivity contribution in [2.45, 2.75) is 0 Å². The summed E-state index contributed by atoms with van der Waals surface area (Å²) in [6.07, 6.45) is 0. The lowest BCUT2D eigenvalue weighted by atomic mass is 10.2. The molecule has 1 heterocycles. The van der Waals surface area contributed by atoms with Crippen molar-refractivity contribution in [1.82, 2.24) is 4.98 Å². The fourth-order valence-electron chi connectivity index (χ4n) is 1.27. The van der Waals surface area contributed by atoms with Crippen LogP contribution in [0.5, 0.6) is 0 Å². The molecule has 3 nitrogen and oxygen atoms in total. The van der Waals surface area contributed by atoms with Crippen molar-refractivity contribution in [2.24, 2.45) is 5.73 Å². The summed E-state index contributed by atoms with van der Waals surface area (Å²) in [7, 11) is 0. The fourth-order valence-corrected chi connectivity index (χ4v) is 1.60. The molecular formula is C10H8Cl3N3. The number of fused-ring (bicyclic) bond motifs is 1. The van der Waals surface area contributed by atoms with E-state index in [1.165, 1.54) is 0 Å². The minimum Gasteiger partial charge on any atom is -0.382 e. The van der Waals surface area contributed by atoms with Gasteiger partial charge in [0.1, 0.15) is 11.5 Å². The normalized spacial score (nSPS) is 9.88. The van der Waals surface area contributed by atoms with Crippen molar-refractivity contribution < 1.29 is 0 Å². The van der Waals surface area contributed by atoms with E-state index < -0.39 is 0 Å². The van der Waals surface area contributed by atoms with Gasteiger partial charge in [-0.05, 0) is 18.2 Å². The van der Waals surface area contributed by atoms with Gasteiger partial charge in [0.15, 0.2) is 0 Å². The second-order valence-electron chi connectivity index (χ2n) is 3.07. The van der Waals surface area contributed by atoms with Gasteiger partial charge in [-0.25, -0.2) is 4.98 Å². The van der Waals surface area contributed by atoms with Gasteiger partial charge in [0.25, 0.3) is 0 Å². The zero-order valence-corrected chi connectivity index (χ0v) is 10.3. The molecule has 3 N–H and O–H groups in total. The zero-order chi connectivity index (χ0) is 11.0. The van der Waals surface area contributed by atoms with Crippen LogP contribution < -0.4 is 5.73 Å². The number of pyridine rings is 1. The lowest BCUT2D eigenvalue weighted by Gasteiger charge is -2.02. The quantitative estimate of drug-likeness (QED) is 0.620. The minimum absolute atomic E-state index is 0. The summed E-state index contributed by atoms with van der Waals surface area (Å²) in [4.78, 5) is 4.18. The smallest absolute Gasteiger partial charge is 0.141 e. The molecule has 1 aromatic carbocycles. The van der Waals surface area contributed by atoms with Gasteiger partial charge in [-0.2, -0.15) is 0 Å². The molecule has 0 unspecified atom stereocenters. The first kappa shape index (κ1) is 13.0. The van der Waals surface area contributed by atoms with E-state index in [1.54, 1.807) is 24.3 Å². The molecule has 0 aliphatic heterocycles.